The molecule has 21 heavy (non-hydrogen) atoms. The fraction of sp³-hybridized carbons (Fsp3) is 0.308. The van der Waals surface area contributed by atoms with Gasteiger partial charge in [0.15, 0.2) is 0 Å². The third-order valence-electron chi connectivity index (χ3n) is 1.25. The molecule has 0 aliphatic carbocycles. The van der Waals surface area contributed by atoms with E-state index in [1.165, 1.54) is 5.56 Å². The van der Waals surface area contributed by atoms with Crippen molar-refractivity contribution in [3.8, 4) is 0 Å². The number of hydrogen-bond acceptors (Lipinski definition) is 3. The minimum atomic E-state index is -0.833. The Hall–Kier alpha value is -0.968. The number of aryl methyl sites for hydroxylation is 1. The van der Waals surface area contributed by atoms with Gasteiger partial charge >= 0.3 is 73.7 Å². The predicted molar refractivity (Wildman–Crippen MR) is 85.4 cm³/mol. The molecule has 1 aromatic rings. The molecule has 0 unspecified atom stereocenters. The molecule has 0 aliphatic heterocycles. The molecule has 1 rings (SSSR count). The van der Waals surface area contributed by atoms with Crippen LogP contribution in [0.5, 0.6) is 0 Å². The molecule has 0 spiro atoms. The van der Waals surface area contributed by atoms with Gasteiger partial charge in [-0.1, -0.05) is 0 Å². The number of carboxylic acid groups (broad SMARTS) is 3. The molecule has 0 fully saturated rings. The number of hydrogen-bond donors (Lipinski definition) is 3. The Morgan fingerprint density at radius 2 is 1.19 bits per heavy atom. The quantitative estimate of drug-likeness (QED) is 0.455. The van der Waals surface area contributed by atoms with Crippen molar-refractivity contribution in [2.45, 2.75) is 27.7 Å². The maximum atomic E-state index is 9.00. The number of aliphatic carboxylic acids is 3. The van der Waals surface area contributed by atoms with Crippen molar-refractivity contribution in [1.29, 1.82) is 0 Å². The molecule has 0 saturated carbocycles. The van der Waals surface area contributed by atoms with Crippen LogP contribution in [0.1, 0.15) is 26.3 Å². The Morgan fingerprint density at radius 3 is 1.38 bits per heavy atom. The molecule has 1 aromatic carbocycles. The summed E-state index contributed by atoms with van der Waals surface area (Å²) >= 11 is 3.04. The van der Waals surface area contributed by atoms with Crippen LogP contribution in [0, 0.1) is 6.92 Å². The zero-order valence-corrected chi connectivity index (χ0v) is 17.7. The molecule has 3 N–H and O–H groups in total. The van der Waals surface area contributed by atoms with E-state index in [9.17, 15) is 0 Å². The standard InChI is InChI=1S/C7H7.3C2H4O2.BrH.Pb/c1-7-5-3-2-4-6-7;3*1-2(3)4;;/h2-5H,1H3;3*1H3,(H,3,4);1H;/q;;;;;+1/p-1. The van der Waals surface area contributed by atoms with Gasteiger partial charge in [0.05, 0.1) is 0 Å². The average molecular weight is 558 g/mol. The molecule has 0 aromatic heterocycles. The van der Waals surface area contributed by atoms with Crippen LogP contribution in [-0.2, 0) is 14.4 Å². The van der Waals surface area contributed by atoms with E-state index in [0.717, 1.165) is 20.8 Å². The first-order valence-corrected chi connectivity index (χ1v) is 15.9. The van der Waals surface area contributed by atoms with Gasteiger partial charge in [-0.2, -0.15) is 0 Å². The van der Waals surface area contributed by atoms with Crippen molar-refractivity contribution in [1.82, 2.24) is 0 Å². The number of carboxylic acids is 3. The third kappa shape index (κ3) is 38.1. The first kappa shape index (κ1) is 25.0. The van der Waals surface area contributed by atoms with E-state index in [2.05, 4.69) is 43.2 Å². The normalized spacial score (nSPS) is 7.67. The Bertz CT molecular complexity index is 396. The van der Waals surface area contributed by atoms with Crippen LogP contribution >= 0.6 is 12.0 Å². The van der Waals surface area contributed by atoms with Crippen molar-refractivity contribution < 1.29 is 29.7 Å². The zero-order chi connectivity index (χ0) is 17.4. The van der Waals surface area contributed by atoms with Crippen LogP contribution in [0.4, 0.5) is 0 Å². The Morgan fingerprint density at radius 1 is 0.905 bits per heavy atom. The summed E-state index contributed by atoms with van der Waals surface area (Å²) in [5.74, 6) is -2.50. The number of halogens is 1. The number of carbonyl (C=O) groups is 3. The minimum absolute atomic E-state index is 0.558. The van der Waals surface area contributed by atoms with E-state index >= 15 is 0 Å². The van der Waals surface area contributed by atoms with Gasteiger partial charge in [-0.25, -0.2) is 0 Å². The van der Waals surface area contributed by atoms with Gasteiger partial charge in [-0.15, -0.1) is 0 Å². The van der Waals surface area contributed by atoms with Crippen molar-refractivity contribution >= 4 is 54.8 Å². The number of rotatable bonds is 1. The fourth-order valence-electron chi connectivity index (χ4n) is 0.679. The van der Waals surface area contributed by atoms with Gasteiger partial charge in [0.25, 0.3) is 17.9 Å². The van der Waals surface area contributed by atoms with Gasteiger partial charge in [0, 0.05) is 20.8 Å². The van der Waals surface area contributed by atoms with E-state index in [4.69, 9.17) is 29.7 Å². The summed E-state index contributed by atoms with van der Waals surface area (Å²) in [6, 6.07) is 8.58. The molecule has 118 valence electrons. The predicted octanol–water partition coefficient (Wildman–Crippen LogP) is 1.91. The van der Waals surface area contributed by atoms with Crippen LogP contribution in [0.2, 0.25) is 0 Å². The molecule has 0 bridgehead atoms. The van der Waals surface area contributed by atoms with Gasteiger partial charge in [0.1, 0.15) is 0 Å². The summed E-state index contributed by atoms with van der Waals surface area (Å²) in [6.07, 6.45) is 0. The molecule has 0 amide bonds. The van der Waals surface area contributed by atoms with Crippen molar-refractivity contribution in [2.75, 3.05) is 0 Å². The summed E-state index contributed by atoms with van der Waals surface area (Å²) in [4.78, 5) is 27.0. The van der Waals surface area contributed by atoms with Gasteiger partial charge in [-0.3, -0.25) is 14.4 Å². The summed E-state index contributed by atoms with van der Waals surface area (Å²) in [7, 11) is 0. The molecular formula is C13H19BrO6Pb. The topological polar surface area (TPSA) is 112 Å². The van der Waals surface area contributed by atoms with Crippen molar-refractivity contribution in [3.05, 3.63) is 29.8 Å². The summed E-state index contributed by atoms with van der Waals surface area (Å²) in [5, 5.41) is 22.2. The monoisotopic (exact) mass is 558 g/mol. The maximum absolute atomic E-state index is 9.00. The summed E-state index contributed by atoms with van der Waals surface area (Å²) in [6.45, 7) is 5.42. The SMILES string of the molecule is CC(=O)O.CC(=O)O.CC(=O)O.Cc1cccc[c]1[Pb][Br]. The third-order valence-corrected chi connectivity index (χ3v) is 7.97. The molecule has 0 aliphatic rings. The van der Waals surface area contributed by atoms with Crippen LogP contribution < -0.4 is 3.12 Å². The van der Waals surface area contributed by atoms with Crippen LogP contribution in [0.25, 0.3) is 0 Å². The van der Waals surface area contributed by atoms with Crippen LogP contribution in [-0.4, -0.2) is 55.1 Å². The van der Waals surface area contributed by atoms with Crippen molar-refractivity contribution in [2.24, 2.45) is 0 Å². The van der Waals surface area contributed by atoms with Gasteiger partial charge in [0.2, 0.25) is 0 Å². The summed E-state index contributed by atoms with van der Waals surface area (Å²) in [5.41, 5.74) is 1.44. The van der Waals surface area contributed by atoms with Gasteiger partial charge < -0.3 is 15.3 Å². The number of benzene rings is 1. The van der Waals surface area contributed by atoms with Crippen LogP contribution in [0.15, 0.2) is 24.3 Å². The van der Waals surface area contributed by atoms with E-state index in [0.29, 0.717) is 0 Å². The van der Waals surface area contributed by atoms with E-state index in [-0.39, 0.29) is 0 Å². The molecular weight excluding hydrogens is 539 g/mol. The molecule has 2 radical (unpaired) electrons. The second kappa shape index (κ2) is 17.1. The first-order chi connectivity index (χ1) is 9.54. The molecule has 8 heteroatoms. The molecule has 0 heterocycles. The van der Waals surface area contributed by atoms with Gasteiger partial charge in [-0.05, 0) is 0 Å². The van der Waals surface area contributed by atoms with Crippen molar-refractivity contribution in [3.63, 3.8) is 0 Å². The second-order valence-electron chi connectivity index (χ2n) is 3.47. The Labute approximate surface area is 141 Å². The molecule has 0 saturated heterocycles. The Balaban J connectivity index is -0.000000230. The molecule has 0 atom stereocenters. The Kier molecular flexibility index (Phi) is 20.3. The second-order valence-corrected chi connectivity index (χ2v) is 9.77. The zero-order valence-electron chi connectivity index (χ0n) is 12.3. The van der Waals surface area contributed by atoms with E-state index in [1.54, 1.807) is 3.12 Å². The summed E-state index contributed by atoms with van der Waals surface area (Å²) < 4.78 is 1.57. The van der Waals surface area contributed by atoms with Crippen LogP contribution in [0.3, 0.4) is 0 Å². The molecule has 6 nitrogen and oxygen atoms in total. The van der Waals surface area contributed by atoms with E-state index < -0.39 is 39.7 Å². The average Bonchev–Trinajstić information content (AvgIpc) is 2.27. The fourth-order valence-corrected chi connectivity index (χ4v) is 6.11. The van der Waals surface area contributed by atoms with E-state index in [1.807, 2.05) is 0 Å². The first-order valence-electron chi connectivity index (χ1n) is 5.55.